The predicted octanol–water partition coefficient (Wildman–Crippen LogP) is 4.00. The molecule has 0 amide bonds. The van der Waals surface area contributed by atoms with Gasteiger partial charge in [0, 0.05) is 16.0 Å². The van der Waals surface area contributed by atoms with Gasteiger partial charge in [0.05, 0.1) is 0 Å². The molecule has 0 unspecified atom stereocenters. The van der Waals surface area contributed by atoms with Crippen LogP contribution in [0.15, 0.2) is 28.3 Å². The number of nitrogens with zero attached hydrogens (tertiary/aromatic N) is 3. The fraction of sp³-hybridized carbons (Fsp3) is 0.267. The number of hydrogen-bond acceptors (Lipinski definition) is 6. The van der Waals surface area contributed by atoms with Gasteiger partial charge in [0.15, 0.2) is 0 Å². The first kappa shape index (κ1) is 14.3. The second kappa shape index (κ2) is 5.61. The summed E-state index contributed by atoms with van der Waals surface area (Å²) in [5.41, 5.74) is 8.05. The maximum absolute atomic E-state index is 5.84. The van der Waals surface area contributed by atoms with Crippen molar-refractivity contribution in [1.29, 1.82) is 0 Å². The largest absolute Gasteiger partial charge is 0.368 e. The minimum atomic E-state index is 0.318. The van der Waals surface area contributed by atoms with Gasteiger partial charge in [0.2, 0.25) is 5.95 Å². The van der Waals surface area contributed by atoms with E-state index in [1.54, 1.807) is 23.1 Å². The molecule has 3 rings (SSSR count). The van der Waals surface area contributed by atoms with Crippen LogP contribution in [0.1, 0.15) is 23.1 Å². The lowest BCUT2D eigenvalue weighted by molar-refractivity contribution is 1.04. The van der Waals surface area contributed by atoms with Crippen molar-refractivity contribution in [3.05, 3.63) is 34.3 Å². The highest BCUT2D eigenvalue weighted by Gasteiger charge is 2.12. The summed E-state index contributed by atoms with van der Waals surface area (Å²) in [6.45, 7) is 6.21. The first-order chi connectivity index (χ1) is 10.0. The Morgan fingerprint density at radius 2 is 1.95 bits per heavy atom. The van der Waals surface area contributed by atoms with E-state index in [9.17, 15) is 0 Å². The Hall–Kier alpha value is -1.66. The summed E-state index contributed by atoms with van der Waals surface area (Å²) in [7, 11) is 0. The van der Waals surface area contributed by atoms with Crippen LogP contribution in [0.2, 0.25) is 0 Å². The smallest absolute Gasteiger partial charge is 0.222 e. The van der Waals surface area contributed by atoms with Gasteiger partial charge in [-0.25, -0.2) is 15.0 Å². The molecule has 3 aromatic heterocycles. The molecule has 0 aliphatic heterocycles. The Morgan fingerprint density at radius 1 is 1.14 bits per heavy atom. The van der Waals surface area contributed by atoms with E-state index in [0.29, 0.717) is 5.95 Å². The van der Waals surface area contributed by atoms with Gasteiger partial charge in [-0.15, -0.1) is 11.3 Å². The number of pyridine rings is 1. The Balaban J connectivity index is 2.08. The molecule has 0 spiro atoms. The number of hydrogen-bond donors (Lipinski definition) is 1. The average Bonchev–Trinajstić information content (AvgIpc) is 2.80. The van der Waals surface area contributed by atoms with Crippen molar-refractivity contribution >= 4 is 39.3 Å². The predicted molar refractivity (Wildman–Crippen MR) is 89.0 cm³/mol. The number of aryl methyl sites for hydroxylation is 3. The SMILES string of the molecule is CCc1cc2c(Sc3cc(C)cc(C)n3)nc(N)nc2s1. The van der Waals surface area contributed by atoms with Gasteiger partial charge in [-0.1, -0.05) is 6.92 Å². The highest BCUT2D eigenvalue weighted by Crippen LogP contribution is 2.35. The third-order valence-electron chi connectivity index (χ3n) is 3.05. The Kier molecular flexibility index (Phi) is 3.82. The molecule has 2 N–H and O–H groups in total. The summed E-state index contributed by atoms with van der Waals surface area (Å²) < 4.78 is 0. The molecule has 3 aromatic rings. The Bertz CT molecular complexity index is 791. The van der Waals surface area contributed by atoms with E-state index in [1.807, 2.05) is 6.92 Å². The maximum atomic E-state index is 5.84. The van der Waals surface area contributed by atoms with E-state index in [4.69, 9.17) is 5.73 Å². The Morgan fingerprint density at radius 3 is 2.67 bits per heavy atom. The van der Waals surface area contributed by atoms with Crippen LogP contribution >= 0.6 is 23.1 Å². The Labute approximate surface area is 131 Å². The number of anilines is 1. The van der Waals surface area contributed by atoms with Gasteiger partial charge in [-0.3, -0.25) is 0 Å². The van der Waals surface area contributed by atoms with Crippen molar-refractivity contribution in [3.63, 3.8) is 0 Å². The van der Waals surface area contributed by atoms with Crippen LogP contribution < -0.4 is 5.73 Å². The molecule has 3 heterocycles. The monoisotopic (exact) mass is 316 g/mol. The number of thiophene rings is 1. The molecule has 108 valence electrons. The maximum Gasteiger partial charge on any atom is 0.222 e. The molecule has 0 aliphatic carbocycles. The molecule has 0 aliphatic rings. The molecule has 0 aromatic carbocycles. The van der Waals surface area contributed by atoms with Crippen molar-refractivity contribution in [2.75, 3.05) is 5.73 Å². The van der Waals surface area contributed by atoms with Gasteiger partial charge < -0.3 is 5.73 Å². The van der Waals surface area contributed by atoms with E-state index in [-0.39, 0.29) is 0 Å². The third-order valence-corrected chi connectivity index (χ3v) is 5.15. The quantitative estimate of drug-likeness (QED) is 0.740. The number of rotatable bonds is 3. The van der Waals surface area contributed by atoms with Crippen LogP contribution in [0, 0.1) is 13.8 Å². The molecule has 0 saturated carbocycles. The van der Waals surface area contributed by atoms with Crippen LogP contribution in [0.3, 0.4) is 0 Å². The first-order valence-corrected chi connectivity index (χ1v) is 8.37. The number of nitrogens with two attached hydrogens (primary N) is 1. The molecule has 0 bridgehead atoms. The lowest BCUT2D eigenvalue weighted by Gasteiger charge is -2.05. The van der Waals surface area contributed by atoms with Crippen LogP contribution in [-0.2, 0) is 6.42 Å². The lowest BCUT2D eigenvalue weighted by Crippen LogP contribution is -1.96. The second-order valence-electron chi connectivity index (χ2n) is 4.90. The summed E-state index contributed by atoms with van der Waals surface area (Å²) in [5, 5.41) is 2.89. The molecule has 6 heteroatoms. The zero-order valence-electron chi connectivity index (χ0n) is 12.2. The highest BCUT2D eigenvalue weighted by atomic mass is 32.2. The lowest BCUT2D eigenvalue weighted by atomic mass is 10.3. The van der Waals surface area contributed by atoms with Crippen molar-refractivity contribution in [2.24, 2.45) is 0 Å². The zero-order chi connectivity index (χ0) is 15.0. The molecule has 0 saturated heterocycles. The van der Waals surface area contributed by atoms with Crippen molar-refractivity contribution < 1.29 is 0 Å². The summed E-state index contributed by atoms with van der Waals surface area (Å²) in [4.78, 5) is 15.5. The molecule has 0 radical (unpaired) electrons. The molecule has 4 nitrogen and oxygen atoms in total. The fourth-order valence-corrected chi connectivity index (χ4v) is 4.24. The van der Waals surface area contributed by atoms with Crippen LogP contribution in [0.5, 0.6) is 0 Å². The molecule has 0 atom stereocenters. The van der Waals surface area contributed by atoms with Crippen molar-refractivity contribution in [2.45, 2.75) is 37.2 Å². The summed E-state index contributed by atoms with van der Waals surface area (Å²) in [5.74, 6) is 0.318. The van der Waals surface area contributed by atoms with E-state index in [0.717, 1.165) is 32.4 Å². The molecular formula is C15H16N4S2. The van der Waals surface area contributed by atoms with E-state index < -0.39 is 0 Å². The van der Waals surface area contributed by atoms with Gasteiger partial charge in [-0.2, -0.15) is 0 Å². The van der Waals surface area contributed by atoms with Crippen LogP contribution in [0.4, 0.5) is 5.95 Å². The first-order valence-electron chi connectivity index (χ1n) is 6.74. The summed E-state index contributed by atoms with van der Waals surface area (Å²) >= 11 is 3.23. The van der Waals surface area contributed by atoms with Gasteiger partial charge >= 0.3 is 0 Å². The van der Waals surface area contributed by atoms with Gasteiger partial charge in [0.25, 0.3) is 0 Å². The number of fused-ring (bicyclic) bond motifs is 1. The van der Waals surface area contributed by atoms with Crippen LogP contribution in [0.25, 0.3) is 10.2 Å². The molecule has 21 heavy (non-hydrogen) atoms. The van der Waals surface area contributed by atoms with Gasteiger partial charge in [-0.05, 0) is 55.8 Å². The molecular weight excluding hydrogens is 300 g/mol. The summed E-state index contributed by atoms with van der Waals surface area (Å²) in [6.07, 6.45) is 0.993. The standard InChI is InChI=1S/C15H16N4S2/c1-4-10-7-11-13(20-10)18-15(16)19-14(11)21-12-6-8(2)5-9(3)17-12/h5-7H,4H2,1-3H3,(H2,16,18,19). The van der Waals surface area contributed by atoms with E-state index in [2.05, 4.69) is 47.0 Å². The topological polar surface area (TPSA) is 64.7 Å². The number of nitrogen functional groups attached to an aromatic ring is 1. The minimum absolute atomic E-state index is 0.318. The van der Waals surface area contributed by atoms with Crippen LogP contribution in [-0.4, -0.2) is 15.0 Å². The second-order valence-corrected chi connectivity index (χ2v) is 7.02. The zero-order valence-corrected chi connectivity index (χ0v) is 13.8. The normalized spacial score (nSPS) is 11.2. The van der Waals surface area contributed by atoms with Gasteiger partial charge in [0.1, 0.15) is 14.9 Å². The molecule has 0 fully saturated rings. The minimum Gasteiger partial charge on any atom is -0.368 e. The average molecular weight is 316 g/mol. The fourth-order valence-electron chi connectivity index (χ4n) is 2.17. The van der Waals surface area contributed by atoms with E-state index in [1.165, 1.54) is 10.4 Å². The van der Waals surface area contributed by atoms with E-state index >= 15 is 0 Å². The summed E-state index contributed by atoms with van der Waals surface area (Å²) in [6, 6.07) is 6.28. The third kappa shape index (κ3) is 3.01. The van der Waals surface area contributed by atoms with Crippen molar-refractivity contribution in [3.8, 4) is 0 Å². The highest BCUT2D eigenvalue weighted by molar-refractivity contribution is 7.99. The van der Waals surface area contributed by atoms with Crippen molar-refractivity contribution in [1.82, 2.24) is 15.0 Å². The number of aromatic nitrogens is 3.